The summed E-state index contributed by atoms with van der Waals surface area (Å²) in [6, 6.07) is -0.583. The summed E-state index contributed by atoms with van der Waals surface area (Å²) in [5.74, 6) is 0.645. The molecular weight excluding hydrogens is 214 g/mol. The Balaban J connectivity index is 2.80. The van der Waals surface area contributed by atoms with Crippen molar-refractivity contribution >= 4 is 11.7 Å². The van der Waals surface area contributed by atoms with Gasteiger partial charge in [0, 0.05) is 11.1 Å². The Morgan fingerprint density at radius 3 is 2.41 bits per heavy atom. The Bertz CT molecular complexity index is 291. The van der Waals surface area contributed by atoms with Gasteiger partial charge in [-0.15, -0.1) is 0 Å². The quantitative estimate of drug-likeness (QED) is 0.574. The molecule has 0 atom stereocenters. The van der Waals surface area contributed by atoms with Crippen LogP contribution in [0.1, 0.15) is 59.3 Å². The van der Waals surface area contributed by atoms with Crippen molar-refractivity contribution < 1.29 is 4.79 Å². The van der Waals surface area contributed by atoms with Crippen molar-refractivity contribution in [1.82, 2.24) is 5.43 Å². The lowest BCUT2D eigenvalue weighted by Gasteiger charge is -2.38. The van der Waals surface area contributed by atoms with Gasteiger partial charge < -0.3 is 5.73 Å². The van der Waals surface area contributed by atoms with Crippen molar-refractivity contribution in [3.63, 3.8) is 0 Å². The summed E-state index contributed by atoms with van der Waals surface area (Å²) in [6.45, 7) is 6.50. The van der Waals surface area contributed by atoms with Crippen LogP contribution in [0, 0.1) is 11.3 Å². The van der Waals surface area contributed by atoms with Gasteiger partial charge in [0.2, 0.25) is 0 Å². The fraction of sp³-hybridized carbons (Fsp3) is 0.846. The largest absolute Gasteiger partial charge is 0.350 e. The Morgan fingerprint density at radius 1 is 1.35 bits per heavy atom. The van der Waals surface area contributed by atoms with Gasteiger partial charge in [-0.05, 0) is 32.1 Å². The Morgan fingerprint density at radius 2 is 1.94 bits per heavy atom. The predicted octanol–water partition coefficient (Wildman–Crippen LogP) is 3.03. The molecule has 1 saturated carbocycles. The zero-order chi connectivity index (χ0) is 12.9. The molecule has 1 fully saturated rings. The highest BCUT2D eigenvalue weighted by molar-refractivity contribution is 5.89. The maximum Gasteiger partial charge on any atom is 0.332 e. The van der Waals surface area contributed by atoms with Crippen LogP contribution in [0.4, 0.5) is 4.79 Å². The number of primary amides is 1. The highest BCUT2D eigenvalue weighted by Gasteiger charge is 2.35. The number of urea groups is 1. The van der Waals surface area contributed by atoms with Crippen LogP contribution in [-0.4, -0.2) is 11.7 Å². The average Bonchev–Trinajstić information content (AvgIpc) is 2.26. The van der Waals surface area contributed by atoms with Crippen LogP contribution in [-0.2, 0) is 0 Å². The van der Waals surface area contributed by atoms with E-state index >= 15 is 0 Å². The zero-order valence-corrected chi connectivity index (χ0v) is 11.3. The Hall–Kier alpha value is -1.06. The second-order valence-corrected chi connectivity index (χ2v) is 5.61. The first-order chi connectivity index (χ1) is 7.96. The van der Waals surface area contributed by atoms with Crippen LogP contribution in [0.2, 0.25) is 0 Å². The average molecular weight is 239 g/mol. The van der Waals surface area contributed by atoms with Crippen LogP contribution in [0.5, 0.6) is 0 Å². The van der Waals surface area contributed by atoms with Crippen LogP contribution in [0.25, 0.3) is 0 Å². The first-order valence-corrected chi connectivity index (χ1v) is 6.56. The number of carbonyl (C=O) groups excluding carboxylic acids is 1. The van der Waals surface area contributed by atoms with Crippen molar-refractivity contribution in [3.8, 4) is 0 Å². The summed E-state index contributed by atoms with van der Waals surface area (Å²) < 4.78 is 0. The molecule has 1 rings (SSSR count). The number of amides is 2. The molecule has 0 saturated heterocycles. The van der Waals surface area contributed by atoms with Gasteiger partial charge in [0.15, 0.2) is 0 Å². The molecular formula is C13H25N3O. The molecule has 0 heterocycles. The number of rotatable bonds is 4. The van der Waals surface area contributed by atoms with E-state index in [1.807, 2.05) is 6.92 Å². The third kappa shape index (κ3) is 4.02. The van der Waals surface area contributed by atoms with Gasteiger partial charge in [0.25, 0.3) is 0 Å². The molecule has 0 aromatic heterocycles. The number of hydrogen-bond acceptors (Lipinski definition) is 2. The Kier molecular flexibility index (Phi) is 4.97. The first-order valence-electron chi connectivity index (χ1n) is 6.56. The summed E-state index contributed by atoms with van der Waals surface area (Å²) in [5.41, 5.74) is 8.63. The van der Waals surface area contributed by atoms with E-state index in [1.165, 1.54) is 32.1 Å². The van der Waals surface area contributed by atoms with Gasteiger partial charge in [0.1, 0.15) is 0 Å². The minimum atomic E-state index is -0.583. The minimum Gasteiger partial charge on any atom is -0.350 e. The molecule has 0 aromatic carbocycles. The molecule has 98 valence electrons. The number of carbonyl (C=O) groups is 1. The van der Waals surface area contributed by atoms with Gasteiger partial charge in [-0.3, -0.25) is 0 Å². The molecule has 17 heavy (non-hydrogen) atoms. The fourth-order valence-corrected chi connectivity index (χ4v) is 2.98. The van der Waals surface area contributed by atoms with E-state index in [2.05, 4.69) is 24.4 Å². The molecule has 0 aliphatic heterocycles. The molecule has 3 N–H and O–H groups in total. The van der Waals surface area contributed by atoms with Crippen molar-refractivity contribution in [2.75, 3.05) is 0 Å². The standard InChI is InChI=1S/C13H25N3O/c1-10(2)9-13(7-5-4-6-8-13)11(3)15-16-12(14)17/h10H,4-9H2,1-3H3,(H3,14,16,17). The van der Waals surface area contributed by atoms with E-state index in [0.717, 1.165) is 12.1 Å². The van der Waals surface area contributed by atoms with Crippen LogP contribution >= 0.6 is 0 Å². The maximum atomic E-state index is 10.7. The third-order valence-corrected chi connectivity index (χ3v) is 3.71. The van der Waals surface area contributed by atoms with E-state index in [4.69, 9.17) is 5.73 Å². The van der Waals surface area contributed by atoms with E-state index in [9.17, 15) is 4.79 Å². The van der Waals surface area contributed by atoms with E-state index in [0.29, 0.717) is 5.92 Å². The topological polar surface area (TPSA) is 67.5 Å². The predicted molar refractivity (Wildman–Crippen MR) is 70.8 cm³/mol. The summed E-state index contributed by atoms with van der Waals surface area (Å²) in [5, 5.41) is 4.16. The lowest BCUT2D eigenvalue weighted by Crippen LogP contribution is -2.36. The second-order valence-electron chi connectivity index (χ2n) is 5.61. The third-order valence-electron chi connectivity index (χ3n) is 3.71. The Labute approximate surface area is 104 Å². The van der Waals surface area contributed by atoms with E-state index in [1.54, 1.807) is 0 Å². The van der Waals surface area contributed by atoms with E-state index < -0.39 is 6.03 Å². The van der Waals surface area contributed by atoms with Gasteiger partial charge in [0.05, 0.1) is 0 Å². The molecule has 0 unspecified atom stereocenters. The maximum absolute atomic E-state index is 10.7. The molecule has 2 amide bonds. The van der Waals surface area contributed by atoms with Crippen LogP contribution in [0.15, 0.2) is 5.10 Å². The number of nitrogens with zero attached hydrogens (tertiary/aromatic N) is 1. The van der Waals surface area contributed by atoms with Gasteiger partial charge in [-0.25, -0.2) is 10.2 Å². The van der Waals surface area contributed by atoms with Crippen LogP contribution in [0.3, 0.4) is 0 Å². The molecule has 0 radical (unpaired) electrons. The summed E-state index contributed by atoms with van der Waals surface area (Å²) in [7, 11) is 0. The van der Waals surface area contributed by atoms with Crippen LogP contribution < -0.4 is 11.2 Å². The van der Waals surface area contributed by atoms with Gasteiger partial charge in [-0.1, -0.05) is 33.1 Å². The lowest BCUT2D eigenvalue weighted by atomic mass is 9.67. The second kappa shape index (κ2) is 6.03. The van der Waals surface area contributed by atoms with Gasteiger partial charge in [-0.2, -0.15) is 5.10 Å². The van der Waals surface area contributed by atoms with Crippen molar-refractivity contribution in [2.45, 2.75) is 59.3 Å². The summed E-state index contributed by atoms with van der Waals surface area (Å²) in [4.78, 5) is 10.7. The monoisotopic (exact) mass is 239 g/mol. The smallest absolute Gasteiger partial charge is 0.332 e. The first kappa shape index (κ1) is 14.0. The molecule has 0 spiro atoms. The summed E-state index contributed by atoms with van der Waals surface area (Å²) >= 11 is 0. The van der Waals surface area contributed by atoms with Gasteiger partial charge >= 0.3 is 6.03 Å². The number of nitrogens with two attached hydrogens (primary N) is 1. The van der Waals surface area contributed by atoms with Crippen molar-refractivity contribution in [3.05, 3.63) is 0 Å². The number of hydrazone groups is 1. The summed E-state index contributed by atoms with van der Waals surface area (Å²) in [6.07, 6.45) is 7.34. The number of hydrogen-bond donors (Lipinski definition) is 2. The SMILES string of the molecule is CC(=NNC(N)=O)C1(CC(C)C)CCCCC1. The molecule has 4 nitrogen and oxygen atoms in total. The zero-order valence-electron chi connectivity index (χ0n) is 11.3. The minimum absolute atomic E-state index is 0.175. The fourth-order valence-electron chi connectivity index (χ4n) is 2.98. The molecule has 1 aliphatic rings. The molecule has 4 heteroatoms. The lowest BCUT2D eigenvalue weighted by molar-refractivity contribution is 0.233. The molecule has 0 aromatic rings. The van der Waals surface area contributed by atoms with Crippen molar-refractivity contribution in [2.24, 2.45) is 22.2 Å². The molecule has 0 bridgehead atoms. The van der Waals surface area contributed by atoms with Crippen molar-refractivity contribution in [1.29, 1.82) is 0 Å². The normalized spacial score (nSPS) is 20.4. The van der Waals surface area contributed by atoms with E-state index in [-0.39, 0.29) is 5.41 Å². The number of nitrogens with one attached hydrogen (secondary N) is 1. The molecule has 1 aliphatic carbocycles. The highest BCUT2D eigenvalue weighted by atomic mass is 16.2. The highest BCUT2D eigenvalue weighted by Crippen LogP contribution is 2.42.